The number of rotatable bonds is 12. The number of hydrogen-bond donors (Lipinski definition) is 1. The number of ketones is 1. The molecule has 0 bridgehead atoms. The zero-order valence-corrected chi connectivity index (χ0v) is 15.5. The van der Waals surface area contributed by atoms with E-state index in [0.29, 0.717) is 6.42 Å². The Labute approximate surface area is 142 Å². The number of hydrogen-bond acceptors (Lipinski definition) is 2. The summed E-state index contributed by atoms with van der Waals surface area (Å²) in [5, 5.41) is 9.46. The second-order valence-electron chi connectivity index (χ2n) is 5.84. The van der Waals surface area contributed by atoms with Crippen LogP contribution in [0.3, 0.4) is 0 Å². The molecular formula is C16H31NaO2. The van der Waals surface area contributed by atoms with Crippen LogP contribution in [0.4, 0.5) is 0 Å². The van der Waals surface area contributed by atoms with Gasteiger partial charge >= 0.3 is 29.6 Å². The van der Waals surface area contributed by atoms with E-state index in [-0.39, 0.29) is 35.3 Å². The molecule has 0 atom stereocenters. The van der Waals surface area contributed by atoms with Crippen LogP contribution in [-0.2, 0) is 4.79 Å². The van der Waals surface area contributed by atoms with E-state index in [1.54, 1.807) is 13.8 Å². The van der Waals surface area contributed by atoms with Crippen LogP contribution in [0.2, 0.25) is 0 Å². The summed E-state index contributed by atoms with van der Waals surface area (Å²) in [4.78, 5) is 11.5. The van der Waals surface area contributed by atoms with Crippen molar-refractivity contribution in [1.29, 1.82) is 0 Å². The van der Waals surface area contributed by atoms with Crippen molar-refractivity contribution in [2.45, 2.75) is 90.6 Å². The first kappa shape index (κ1) is 21.8. The van der Waals surface area contributed by atoms with E-state index in [1.165, 1.54) is 51.4 Å². The Hall–Kier alpha value is 0.500. The molecule has 0 amide bonds. The minimum atomic E-state index is -0.962. The van der Waals surface area contributed by atoms with Crippen LogP contribution >= 0.6 is 0 Å². The van der Waals surface area contributed by atoms with Crippen molar-refractivity contribution in [2.75, 3.05) is 0 Å². The van der Waals surface area contributed by atoms with Gasteiger partial charge in [-0.05, 0) is 18.4 Å². The van der Waals surface area contributed by atoms with Gasteiger partial charge in [0, 0.05) is 5.78 Å². The van der Waals surface area contributed by atoms with E-state index in [2.05, 4.69) is 6.92 Å². The molecule has 108 valence electrons. The number of carbonyl (C=O) groups is 1. The van der Waals surface area contributed by atoms with E-state index < -0.39 is 5.60 Å². The predicted molar refractivity (Wildman–Crippen MR) is 77.4 cm³/mol. The molecule has 0 fully saturated rings. The maximum atomic E-state index is 11.5. The van der Waals surface area contributed by atoms with Crippen LogP contribution in [0, 0.1) is 6.42 Å². The minimum absolute atomic E-state index is 0. The summed E-state index contributed by atoms with van der Waals surface area (Å²) in [7, 11) is 0. The molecule has 0 saturated heterocycles. The van der Waals surface area contributed by atoms with Crippen LogP contribution in [0.15, 0.2) is 0 Å². The molecule has 0 heterocycles. The van der Waals surface area contributed by atoms with Gasteiger partial charge in [-0.25, -0.2) is 0 Å². The molecule has 0 saturated carbocycles. The normalized spacial score (nSPS) is 10.9. The quantitative estimate of drug-likeness (QED) is 0.333. The van der Waals surface area contributed by atoms with E-state index in [1.807, 2.05) is 0 Å². The fourth-order valence-electron chi connectivity index (χ4n) is 2.08. The zero-order chi connectivity index (χ0) is 13.9. The standard InChI is InChI=1S/C16H31O2.Na/c1-4-5-6-7-8-9-10-11-12-13-15(17)14-16(2,3)18;/h14,18H,4-13H2,1-3H3;/q-1;+1. The Balaban J connectivity index is 0. The maximum Gasteiger partial charge on any atom is 1.00 e. The van der Waals surface area contributed by atoms with Crippen LogP contribution in [0.1, 0.15) is 85.0 Å². The second-order valence-corrected chi connectivity index (χ2v) is 5.84. The van der Waals surface area contributed by atoms with Gasteiger partial charge in [0.05, 0.1) is 0 Å². The third-order valence-corrected chi connectivity index (χ3v) is 3.04. The smallest absolute Gasteiger partial charge is 0.419 e. The summed E-state index contributed by atoms with van der Waals surface area (Å²) in [5.41, 5.74) is -0.962. The SMILES string of the molecule is CCCCCCCCCCCC(=O)[CH-]C(C)(C)O.[Na+]. The van der Waals surface area contributed by atoms with E-state index in [0.717, 1.165) is 12.8 Å². The molecule has 0 aliphatic heterocycles. The largest absolute Gasteiger partial charge is 1.00 e. The summed E-state index contributed by atoms with van der Waals surface area (Å²) in [6.07, 6.45) is 13.4. The van der Waals surface area contributed by atoms with Gasteiger partial charge < -0.3 is 9.90 Å². The first-order chi connectivity index (χ1) is 8.45. The van der Waals surface area contributed by atoms with Gasteiger partial charge in [-0.1, -0.05) is 72.1 Å². The second kappa shape index (κ2) is 13.5. The molecule has 0 rings (SSSR count). The van der Waals surface area contributed by atoms with Crippen molar-refractivity contribution in [3.63, 3.8) is 0 Å². The monoisotopic (exact) mass is 278 g/mol. The Morgan fingerprint density at radius 3 is 1.79 bits per heavy atom. The van der Waals surface area contributed by atoms with Gasteiger partial charge in [0.2, 0.25) is 0 Å². The third kappa shape index (κ3) is 18.5. The van der Waals surface area contributed by atoms with Crippen molar-refractivity contribution in [2.24, 2.45) is 0 Å². The Bertz CT molecular complexity index is 209. The molecule has 19 heavy (non-hydrogen) atoms. The number of Topliss-reactive ketones (excluding diaryl/α,β-unsaturated/α-hetero) is 1. The Kier molecular flexibility index (Phi) is 15.5. The van der Waals surface area contributed by atoms with E-state index >= 15 is 0 Å². The molecule has 0 radical (unpaired) electrons. The third-order valence-electron chi connectivity index (χ3n) is 3.04. The maximum absolute atomic E-state index is 11.5. The van der Waals surface area contributed by atoms with Gasteiger partial charge in [-0.2, -0.15) is 0 Å². The predicted octanol–water partition coefficient (Wildman–Crippen LogP) is 1.46. The molecule has 3 heteroatoms. The number of aliphatic hydroxyl groups is 1. The summed E-state index contributed by atoms with van der Waals surface area (Å²) in [6, 6.07) is 0. The molecule has 0 aromatic carbocycles. The van der Waals surface area contributed by atoms with Gasteiger partial charge in [0.15, 0.2) is 0 Å². The van der Waals surface area contributed by atoms with Crippen LogP contribution in [-0.4, -0.2) is 16.5 Å². The van der Waals surface area contributed by atoms with Gasteiger partial charge in [-0.15, -0.1) is 0 Å². The van der Waals surface area contributed by atoms with Crippen molar-refractivity contribution in [3.05, 3.63) is 6.42 Å². The van der Waals surface area contributed by atoms with Crippen molar-refractivity contribution >= 4 is 5.78 Å². The average molecular weight is 278 g/mol. The van der Waals surface area contributed by atoms with Crippen LogP contribution in [0.5, 0.6) is 0 Å². The summed E-state index contributed by atoms with van der Waals surface area (Å²) < 4.78 is 0. The van der Waals surface area contributed by atoms with Gasteiger partial charge in [-0.3, -0.25) is 6.42 Å². The number of carbonyl (C=O) groups excluding carboxylic acids is 1. The molecule has 0 aromatic rings. The van der Waals surface area contributed by atoms with Crippen LogP contribution < -0.4 is 29.6 Å². The minimum Gasteiger partial charge on any atom is -0.419 e. The van der Waals surface area contributed by atoms with Crippen molar-refractivity contribution in [1.82, 2.24) is 0 Å². The topological polar surface area (TPSA) is 37.3 Å². The summed E-state index contributed by atoms with van der Waals surface area (Å²) in [6.45, 7) is 5.52. The summed E-state index contributed by atoms with van der Waals surface area (Å²) >= 11 is 0. The fourth-order valence-corrected chi connectivity index (χ4v) is 2.08. The summed E-state index contributed by atoms with van der Waals surface area (Å²) in [5.74, 6) is 0.0745. The average Bonchev–Trinajstić information content (AvgIpc) is 2.24. The van der Waals surface area contributed by atoms with Crippen LogP contribution in [0.25, 0.3) is 0 Å². The number of unbranched alkanes of at least 4 members (excludes halogenated alkanes) is 8. The Morgan fingerprint density at radius 2 is 1.37 bits per heavy atom. The molecule has 0 aliphatic rings. The van der Waals surface area contributed by atoms with Gasteiger partial charge in [0.25, 0.3) is 0 Å². The Morgan fingerprint density at radius 1 is 0.947 bits per heavy atom. The molecule has 1 N–H and O–H groups in total. The first-order valence-corrected chi connectivity index (χ1v) is 7.57. The van der Waals surface area contributed by atoms with Crippen molar-refractivity contribution < 1.29 is 39.5 Å². The molecule has 0 aliphatic carbocycles. The molecule has 0 aromatic heterocycles. The van der Waals surface area contributed by atoms with E-state index in [4.69, 9.17) is 0 Å². The van der Waals surface area contributed by atoms with Crippen molar-refractivity contribution in [3.8, 4) is 0 Å². The van der Waals surface area contributed by atoms with Gasteiger partial charge in [0.1, 0.15) is 0 Å². The molecule has 0 unspecified atom stereocenters. The molecule has 2 nitrogen and oxygen atoms in total. The zero-order valence-electron chi connectivity index (χ0n) is 13.5. The first-order valence-electron chi connectivity index (χ1n) is 7.57. The molecule has 0 spiro atoms. The van der Waals surface area contributed by atoms with E-state index in [9.17, 15) is 9.90 Å². The fraction of sp³-hybridized carbons (Fsp3) is 0.875. The molecular weight excluding hydrogens is 247 g/mol.